The van der Waals surface area contributed by atoms with Crippen LogP contribution in [-0.4, -0.2) is 23.1 Å². The number of hydrogen-bond acceptors (Lipinski definition) is 3. The van der Waals surface area contributed by atoms with E-state index in [-0.39, 0.29) is 5.41 Å². The van der Waals surface area contributed by atoms with Gasteiger partial charge in [0.2, 0.25) is 0 Å². The van der Waals surface area contributed by atoms with E-state index in [0.717, 1.165) is 35.3 Å². The van der Waals surface area contributed by atoms with Crippen LogP contribution in [0.1, 0.15) is 52.8 Å². The Bertz CT molecular complexity index is 436. The van der Waals surface area contributed by atoms with Gasteiger partial charge in [-0.1, -0.05) is 27.2 Å². The molecule has 2 rings (SSSR count). The first-order valence-electron chi connectivity index (χ1n) is 7.20. The summed E-state index contributed by atoms with van der Waals surface area (Å²) in [5, 5.41) is 0. The van der Waals surface area contributed by atoms with E-state index in [4.69, 9.17) is 4.98 Å². The Morgan fingerprint density at radius 2 is 2.00 bits per heavy atom. The van der Waals surface area contributed by atoms with Crippen LogP contribution in [0, 0.1) is 5.92 Å². The molecular formula is C15H24BrN3. The summed E-state index contributed by atoms with van der Waals surface area (Å²) in [6.07, 6.45) is 4.13. The minimum atomic E-state index is -0.0194. The van der Waals surface area contributed by atoms with Crippen LogP contribution in [0.15, 0.2) is 10.7 Å². The summed E-state index contributed by atoms with van der Waals surface area (Å²) >= 11 is 3.52. The van der Waals surface area contributed by atoms with Crippen molar-refractivity contribution in [1.82, 2.24) is 9.97 Å². The number of anilines is 1. The van der Waals surface area contributed by atoms with Crippen molar-refractivity contribution in [2.24, 2.45) is 5.92 Å². The van der Waals surface area contributed by atoms with Crippen molar-refractivity contribution in [3.05, 3.63) is 16.5 Å². The largest absolute Gasteiger partial charge is 0.356 e. The van der Waals surface area contributed by atoms with Crippen LogP contribution in [0.4, 0.5) is 5.82 Å². The molecule has 0 N–H and O–H groups in total. The van der Waals surface area contributed by atoms with E-state index in [1.54, 1.807) is 0 Å². The van der Waals surface area contributed by atoms with Crippen LogP contribution in [0.5, 0.6) is 0 Å². The third kappa shape index (κ3) is 3.68. The van der Waals surface area contributed by atoms with Crippen molar-refractivity contribution in [1.29, 1.82) is 0 Å². The van der Waals surface area contributed by atoms with E-state index in [1.807, 2.05) is 6.07 Å². The Morgan fingerprint density at radius 3 is 2.47 bits per heavy atom. The lowest BCUT2D eigenvalue weighted by atomic mass is 9.85. The monoisotopic (exact) mass is 325 g/mol. The molecule has 1 aromatic rings. The smallest absolute Gasteiger partial charge is 0.137 e. The summed E-state index contributed by atoms with van der Waals surface area (Å²) in [6, 6.07) is 2.04. The van der Waals surface area contributed by atoms with Crippen LogP contribution < -0.4 is 4.90 Å². The molecule has 1 aliphatic carbocycles. The summed E-state index contributed by atoms with van der Waals surface area (Å²) in [4.78, 5) is 11.7. The van der Waals surface area contributed by atoms with E-state index >= 15 is 0 Å². The van der Waals surface area contributed by atoms with Gasteiger partial charge in [0.15, 0.2) is 0 Å². The molecule has 0 saturated heterocycles. The number of nitrogens with zero attached hydrogens (tertiary/aromatic N) is 3. The standard InChI is InChI=1S/C15H24BrN3/c1-5-19(10-11-7-6-8-11)13-9-12(16)17-14(18-13)15(2,3)4/h9,11H,5-8,10H2,1-4H3. The van der Waals surface area contributed by atoms with E-state index in [0.29, 0.717) is 0 Å². The zero-order chi connectivity index (χ0) is 14.0. The molecule has 4 heteroatoms. The van der Waals surface area contributed by atoms with Gasteiger partial charge in [0.25, 0.3) is 0 Å². The van der Waals surface area contributed by atoms with Gasteiger partial charge in [0.1, 0.15) is 16.2 Å². The predicted molar refractivity (Wildman–Crippen MR) is 83.7 cm³/mol. The van der Waals surface area contributed by atoms with Gasteiger partial charge in [-0.05, 0) is 41.6 Å². The molecule has 0 atom stereocenters. The minimum Gasteiger partial charge on any atom is -0.356 e. The van der Waals surface area contributed by atoms with E-state index in [9.17, 15) is 0 Å². The first-order chi connectivity index (χ1) is 8.90. The average molecular weight is 326 g/mol. The zero-order valence-corrected chi connectivity index (χ0v) is 14.0. The Balaban J connectivity index is 2.23. The van der Waals surface area contributed by atoms with E-state index in [2.05, 4.69) is 53.5 Å². The van der Waals surface area contributed by atoms with Gasteiger partial charge in [-0.2, -0.15) is 0 Å². The first kappa shape index (κ1) is 14.8. The normalized spacial score (nSPS) is 16.3. The number of hydrogen-bond donors (Lipinski definition) is 0. The minimum absolute atomic E-state index is 0.0194. The zero-order valence-electron chi connectivity index (χ0n) is 12.4. The van der Waals surface area contributed by atoms with Crippen LogP contribution in [0.2, 0.25) is 0 Å². The third-order valence-electron chi connectivity index (χ3n) is 3.76. The maximum atomic E-state index is 4.77. The molecule has 0 radical (unpaired) electrons. The third-order valence-corrected chi connectivity index (χ3v) is 4.17. The topological polar surface area (TPSA) is 29.0 Å². The predicted octanol–water partition coefficient (Wildman–Crippen LogP) is 4.16. The summed E-state index contributed by atoms with van der Waals surface area (Å²) in [5.74, 6) is 2.82. The molecule has 0 aliphatic heterocycles. The molecule has 0 bridgehead atoms. The first-order valence-corrected chi connectivity index (χ1v) is 7.99. The van der Waals surface area contributed by atoms with Crippen molar-refractivity contribution in [2.75, 3.05) is 18.0 Å². The molecule has 0 unspecified atom stereocenters. The van der Waals surface area contributed by atoms with Crippen LogP contribution in [0.25, 0.3) is 0 Å². The maximum Gasteiger partial charge on any atom is 0.137 e. The molecule has 1 aliphatic rings. The summed E-state index contributed by atoms with van der Waals surface area (Å²) in [6.45, 7) is 10.8. The molecule has 1 saturated carbocycles. The van der Waals surface area contributed by atoms with Crippen LogP contribution in [0.3, 0.4) is 0 Å². The van der Waals surface area contributed by atoms with E-state index < -0.39 is 0 Å². The second-order valence-electron chi connectivity index (χ2n) is 6.46. The number of rotatable bonds is 4. The Morgan fingerprint density at radius 1 is 1.32 bits per heavy atom. The molecule has 0 spiro atoms. The Hall–Kier alpha value is -0.640. The van der Waals surface area contributed by atoms with Crippen molar-refractivity contribution in [3.8, 4) is 0 Å². The Kier molecular flexibility index (Phi) is 4.49. The number of halogens is 1. The highest BCUT2D eigenvalue weighted by atomic mass is 79.9. The second-order valence-corrected chi connectivity index (χ2v) is 7.27. The van der Waals surface area contributed by atoms with Crippen molar-refractivity contribution in [2.45, 2.75) is 52.4 Å². The van der Waals surface area contributed by atoms with Gasteiger partial charge in [-0.15, -0.1) is 0 Å². The molecule has 1 aromatic heterocycles. The lowest BCUT2D eigenvalue weighted by molar-refractivity contribution is 0.318. The number of aromatic nitrogens is 2. The van der Waals surface area contributed by atoms with Gasteiger partial charge in [-0.25, -0.2) is 9.97 Å². The highest BCUT2D eigenvalue weighted by molar-refractivity contribution is 9.10. The lowest BCUT2D eigenvalue weighted by Gasteiger charge is -2.33. The van der Waals surface area contributed by atoms with Crippen LogP contribution in [-0.2, 0) is 5.41 Å². The van der Waals surface area contributed by atoms with Gasteiger partial charge >= 0.3 is 0 Å². The summed E-state index contributed by atoms with van der Waals surface area (Å²) < 4.78 is 0.884. The summed E-state index contributed by atoms with van der Waals surface area (Å²) in [7, 11) is 0. The molecule has 0 amide bonds. The maximum absolute atomic E-state index is 4.77. The van der Waals surface area contributed by atoms with Crippen molar-refractivity contribution < 1.29 is 0 Å². The molecular weight excluding hydrogens is 302 g/mol. The molecule has 1 heterocycles. The highest BCUT2D eigenvalue weighted by Crippen LogP contribution is 2.30. The molecule has 3 nitrogen and oxygen atoms in total. The molecule has 1 fully saturated rings. The van der Waals surface area contributed by atoms with Gasteiger partial charge in [0.05, 0.1) is 0 Å². The molecule has 19 heavy (non-hydrogen) atoms. The van der Waals surface area contributed by atoms with Gasteiger partial charge in [-0.3, -0.25) is 0 Å². The van der Waals surface area contributed by atoms with Crippen molar-refractivity contribution in [3.63, 3.8) is 0 Å². The second kappa shape index (κ2) is 5.78. The summed E-state index contributed by atoms with van der Waals surface area (Å²) in [5.41, 5.74) is -0.0194. The fraction of sp³-hybridized carbons (Fsp3) is 0.733. The van der Waals surface area contributed by atoms with Crippen molar-refractivity contribution >= 4 is 21.7 Å². The molecule has 0 aromatic carbocycles. The fourth-order valence-corrected chi connectivity index (χ4v) is 2.65. The highest BCUT2D eigenvalue weighted by Gasteiger charge is 2.23. The van der Waals surface area contributed by atoms with E-state index in [1.165, 1.54) is 19.3 Å². The van der Waals surface area contributed by atoms with Gasteiger partial charge in [0, 0.05) is 24.6 Å². The fourth-order valence-electron chi connectivity index (χ4n) is 2.27. The average Bonchev–Trinajstić information content (AvgIpc) is 2.25. The molecule has 106 valence electrons. The lowest BCUT2D eigenvalue weighted by Crippen LogP contribution is -2.33. The van der Waals surface area contributed by atoms with Gasteiger partial charge < -0.3 is 4.90 Å². The SMILES string of the molecule is CCN(CC1CCC1)c1cc(Br)nc(C(C)(C)C)n1. The Labute approximate surface area is 125 Å². The van der Waals surface area contributed by atoms with Crippen LogP contribution >= 0.6 is 15.9 Å². The quantitative estimate of drug-likeness (QED) is 0.778.